The molecule has 1 fully saturated rings. The number of furan rings is 1. The minimum absolute atomic E-state index is 0.0280. The average Bonchev–Trinajstić information content (AvgIpc) is 3.22. The number of ether oxygens (including phenoxy) is 2. The molecule has 1 aromatic rings. The van der Waals surface area contributed by atoms with Crippen molar-refractivity contribution in [2.24, 2.45) is 5.92 Å². The first kappa shape index (κ1) is 14.5. The molecule has 4 nitrogen and oxygen atoms in total. The monoisotopic (exact) mass is 290 g/mol. The van der Waals surface area contributed by atoms with Crippen LogP contribution in [0.2, 0.25) is 0 Å². The van der Waals surface area contributed by atoms with Crippen LogP contribution in [0.1, 0.15) is 43.8 Å². The highest BCUT2D eigenvalue weighted by molar-refractivity contribution is 5.82. The SMILES string of the molecule is CO[C@H](C)c1ccc(CCCC(=O)[C@H]2C[C@@H]3C=C[C@H]2O3)o1. The second kappa shape index (κ2) is 6.16. The topological polar surface area (TPSA) is 48.7 Å². The molecule has 1 aromatic heterocycles. The van der Waals surface area contributed by atoms with Gasteiger partial charge in [0.2, 0.25) is 0 Å². The van der Waals surface area contributed by atoms with E-state index >= 15 is 0 Å². The van der Waals surface area contributed by atoms with E-state index in [9.17, 15) is 4.79 Å². The first-order valence-electron chi connectivity index (χ1n) is 7.65. The Bertz CT molecular complexity index is 531. The zero-order valence-electron chi connectivity index (χ0n) is 12.6. The number of methoxy groups -OCH3 is 1. The summed E-state index contributed by atoms with van der Waals surface area (Å²) in [6.07, 6.45) is 7.34. The average molecular weight is 290 g/mol. The van der Waals surface area contributed by atoms with Crippen LogP contribution in [-0.4, -0.2) is 25.1 Å². The lowest BCUT2D eigenvalue weighted by Gasteiger charge is -2.13. The number of carbonyl (C=O) groups excluding carboxylic acids is 1. The van der Waals surface area contributed by atoms with Gasteiger partial charge in [-0.1, -0.05) is 12.2 Å². The number of Topliss-reactive ketones (excluding diaryl/α,β-unsaturated/α-hetero) is 1. The Hall–Kier alpha value is -1.39. The summed E-state index contributed by atoms with van der Waals surface area (Å²) in [6.45, 7) is 1.95. The van der Waals surface area contributed by atoms with Crippen LogP contribution in [0, 0.1) is 5.92 Å². The third-order valence-corrected chi connectivity index (χ3v) is 4.43. The number of rotatable bonds is 7. The van der Waals surface area contributed by atoms with Crippen LogP contribution in [-0.2, 0) is 20.7 Å². The number of hydrogen-bond donors (Lipinski definition) is 0. The largest absolute Gasteiger partial charge is 0.463 e. The highest BCUT2D eigenvalue weighted by Crippen LogP contribution is 2.35. The Kier molecular flexibility index (Phi) is 4.27. The van der Waals surface area contributed by atoms with Crippen LogP contribution in [0.15, 0.2) is 28.7 Å². The normalized spacial score (nSPS) is 28.2. The molecule has 4 atom stereocenters. The lowest BCUT2D eigenvalue weighted by molar-refractivity contribution is -0.123. The molecule has 0 amide bonds. The highest BCUT2D eigenvalue weighted by Gasteiger charge is 2.40. The molecule has 114 valence electrons. The van der Waals surface area contributed by atoms with E-state index in [0.29, 0.717) is 12.2 Å². The van der Waals surface area contributed by atoms with Crippen LogP contribution in [0.25, 0.3) is 0 Å². The molecule has 21 heavy (non-hydrogen) atoms. The molecular weight excluding hydrogens is 268 g/mol. The summed E-state index contributed by atoms with van der Waals surface area (Å²) in [5, 5.41) is 0. The van der Waals surface area contributed by atoms with Gasteiger partial charge in [-0.25, -0.2) is 0 Å². The molecule has 0 saturated carbocycles. The van der Waals surface area contributed by atoms with Gasteiger partial charge in [0.1, 0.15) is 23.4 Å². The molecule has 3 rings (SSSR count). The molecule has 4 heteroatoms. The van der Waals surface area contributed by atoms with Gasteiger partial charge in [0.25, 0.3) is 0 Å². The van der Waals surface area contributed by atoms with Crippen molar-refractivity contribution < 1.29 is 18.7 Å². The van der Waals surface area contributed by atoms with Crippen molar-refractivity contribution in [1.82, 2.24) is 0 Å². The Labute approximate surface area is 125 Å². The van der Waals surface area contributed by atoms with Crippen LogP contribution in [0.5, 0.6) is 0 Å². The second-order valence-corrected chi connectivity index (χ2v) is 5.87. The quantitative estimate of drug-likeness (QED) is 0.723. The smallest absolute Gasteiger partial charge is 0.139 e. The summed E-state index contributed by atoms with van der Waals surface area (Å²) in [4.78, 5) is 12.2. The highest BCUT2D eigenvalue weighted by atomic mass is 16.5. The van der Waals surface area contributed by atoms with Gasteiger partial charge in [-0.05, 0) is 31.9 Å². The second-order valence-electron chi connectivity index (χ2n) is 5.87. The lowest BCUT2D eigenvalue weighted by atomic mass is 9.88. The maximum atomic E-state index is 12.2. The molecule has 2 aliphatic heterocycles. The van der Waals surface area contributed by atoms with Crippen LogP contribution in [0.3, 0.4) is 0 Å². The fourth-order valence-electron chi connectivity index (χ4n) is 3.07. The third-order valence-electron chi connectivity index (χ3n) is 4.43. The van der Waals surface area contributed by atoms with Crippen molar-refractivity contribution in [3.05, 3.63) is 35.8 Å². The molecule has 0 N–H and O–H groups in total. The first-order valence-corrected chi connectivity index (χ1v) is 7.65. The minimum Gasteiger partial charge on any atom is -0.463 e. The van der Waals surface area contributed by atoms with Gasteiger partial charge >= 0.3 is 0 Å². The summed E-state index contributed by atoms with van der Waals surface area (Å²) >= 11 is 0. The molecule has 0 aliphatic carbocycles. The molecule has 2 aliphatic rings. The summed E-state index contributed by atoms with van der Waals surface area (Å²) in [5.41, 5.74) is 0. The van der Waals surface area contributed by atoms with E-state index < -0.39 is 0 Å². The van der Waals surface area contributed by atoms with E-state index in [2.05, 4.69) is 6.08 Å². The van der Waals surface area contributed by atoms with Crippen molar-refractivity contribution in [3.8, 4) is 0 Å². The van der Waals surface area contributed by atoms with Gasteiger partial charge < -0.3 is 13.9 Å². The van der Waals surface area contributed by atoms with Crippen molar-refractivity contribution in [1.29, 1.82) is 0 Å². The Balaban J connectivity index is 1.45. The van der Waals surface area contributed by atoms with Crippen molar-refractivity contribution in [3.63, 3.8) is 0 Å². The molecule has 3 heterocycles. The van der Waals surface area contributed by atoms with Crippen LogP contribution < -0.4 is 0 Å². The fraction of sp³-hybridized carbons (Fsp3) is 0.588. The molecule has 0 spiro atoms. The maximum Gasteiger partial charge on any atom is 0.139 e. The van der Waals surface area contributed by atoms with E-state index in [1.165, 1.54) is 0 Å². The van der Waals surface area contributed by atoms with E-state index in [4.69, 9.17) is 13.9 Å². The van der Waals surface area contributed by atoms with Gasteiger partial charge in [-0.15, -0.1) is 0 Å². The zero-order chi connectivity index (χ0) is 14.8. The Morgan fingerprint density at radius 1 is 1.43 bits per heavy atom. The Morgan fingerprint density at radius 3 is 2.95 bits per heavy atom. The first-order chi connectivity index (χ1) is 10.2. The number of aryl methyl sites for hydroxylation is 1. The molecule has 0 unspecified atom stereocenters. The van der Waals surface area contributed by atoms with E-state index in [1.54, 1.807) is 7.11 Å². The van der Waals surface area contributed by atoms with Crippen molar-refractivity contribution >= 4 is 5.78 Å². The summed E-state index contributed by atoms with van der Waals surface area (Å²) < 4.78 is 16.6. The van der Waals surface area contributed by atoms with Crippen LogP contribution >= 0.6 is 0 Å². The number of carbonyl (C=O) groups is 1. The molecule has 2 bridgehead atoms. The molecule has 1 saturated heterocycles. The van der Waals surface area contributed by atoms with Gasteiger partial charge in [0.15, 0.2) is 0 Å². The van der Waals surface area contributed by atoms with E-state index in [-0.39, 0.29) is 24.2 Å². The van der Waals surface area contributed by atoms with Gasteiger partial charge in [0, 0.05) is 20.0 Å². The molecule has 0 radical (unpaired) electrons. The summed E-state index contributed by atoms with van der Waals surface area (Å²) in [7, 11) is 1.66. The van der Waals surface area contributed by atoms with Gasteiger partial charge in [0.05, 0.1) is 18.1 Å². The number of hydrogen-bond acceptors (Lipinski definition) is 4. The molecular formula is C17H22O4. The fourth-order valence-corrected chi connectivity index (χ4v) is 3.07. The number of ketones is 1. The summed E-state index contributed by atoms with van der Waals surface area (Å²) in [5.74, 6) is 2.15. The van der Waals surface area contributed by atoms with Gasteiger partial charge in [-0.2, -0.15) is 0 Å². The van der Waals surface area contributed by atoms with Crippen molar-refractivity contribution in [2.45, 2.75) is 50.9 Å². The minimum atomic E-state index is -0.0293. The summed E-state index contributed by atoms with van der Waals surface area (Å²) in [6, 6.07) is 3.92. The number of fused-ring (bicyclic) bond motifs is 2. The van der Waals surface area contributed by atoms with Crippen molar-refractivity contribution in [2.75, 3.05) is 7.11 Å². The predicted octanol–water partition coefficient (Wildman–Crippen LogP) is 3.22. The maximum absolute atomic E-state index is 12.2. The Morgan fingerprint density at radius 2 is 2.29 bits per heavy atom. The standard InChI is InChI=1S/C17H22O4/c1-11(19-2)16-8-6-12(20-16)4-3-5-15(18)14-10-13-7-9-17(14)21-13/h6-9,11,13-14,17H,3-5,10H2,1-2H3/t11-,13+,14-,17-/m1/s1. The zero-order valence-corrected chi connectivity index (χ0v) is 12.6. The van der Waals surface area contributed by atoms with Crippen LogP contribution in [0.4, 0.5) is 0 Å². The lowest BCUT2D eigenvalue weighted by Crippen LogP contribution is -2.23. The predicted molar refractivity (Wildman–Crippen MR) is 78.0 cm³/mol. The van der Waals surface area contributed by atoms with E-state index in [0.717, 1.165) is 30.8 Å². The molecule has 0 aromatic carbocycles. The van der Waals surface area contributed by atoms with Gasteiger partial charge in [-0.3, -0.25) is 4.79 Å². The third kappa shape index (κ3) is 3.11. The van der Waals surface area contributed by atoms with E-state index in [1.807, 2.05) is 25.1 Å².